The van der Waals surface area contributed by atoms with Gasteiger partial charge in [-0.3, -0.25) is 4.90 Å². The Balaban J connectivity index is 2.39. The average Bonchev–Trinajstić information content (AvgIpc) is 2.48. The van der Waals surface area contributed by atoms with Crippen LogP contribution in [0.2, 0.25) is 0 Å². The Morgan fingerprint density at radius 1 is 1.48 bits per heavy atom. The van der Waals surface area contributed by atoms with E-state index in [0.29, 0.717) is 10.2 Å². The molecule has 0 aromatic heterocycles. The second kappa shape index (κ2) is 7.29. The van der Waals surface area contributed by atoms with Gasteiger partial charge in [0.15, 0.2) is 0 Å². The van der Waals surface area contributed by atoms with Crippen LogP contribution in [0.25, 0.3) is 0 Å². The predicted octanol–water partition coefficient (Wildman–Crippen LogP) is 3.08. The monoisotopic (exact) mass is 354 g/mol. The largest absolute Gasteiger partial charge is 0.506 e. The lowest BCUT2D eigenvalue weighted by Crippen LogP contribution is -2.45. The molecule has 1 aliphatic heterocycles. The van der Waals surface area contributed by atoms with Crippen LogP contribution in [0.3, 0.4) is 0 Å². The number of phenolic OH excluding ortho intramolecular Hbond substituents is 1. The summed E-state index contributed by atoms with van der Waals surface area (Å²) in [7, 11) is 1.64. The number of hydrogen-bond donors (Lipinski definition) is 2. The summed E-state index contributed by atoms with van der Waals surface area (Å²) >= 11 is 3.41. The Kier molecular flexibility index (Phi) is 5.67. The topological polar surface area (TPSA) is 44.7 Å². The molecule has 116 valence electrons. The van der Waals surface area contributed by atoms with E-state index in [1.165, 1.54) is 0 Å². The van der Waals surface area contributed by atoms with Gasteiger partial charge >= 0.3 is 0 Å². The lowest BCUT2D eigenvalue weighted by molar-refractivity contribution is 0.169. The predicted molar refractivity (Wildman–Crippen MR) is 89.0 cm³/mol. The molecule has 0 bridgehead atoms. The maximum absolute atomic E-state index is 10.5. The van der Waals surface area contributed by atoms with Crippen LogP contribution < -0.4 is 10.1 Å². The quantitative estimate of drug-likeness (QED) is 0.797. The van der Waals surface area contributed by atoms with Crippen LogP contribution in [0, 0.1) is 0 Å². The Morgan fingerprint density at radius 2 is 2.14 bits per heavy atom. The highest BCUT2D eigenvalue weighted by atomic mass is 79.9. The number of phenols is 1. The van der Waals surface area contributed by atoms with E-state index in [1.807, 2.05) is 13.0 Å². The van der Waals surface area contributed by atoms with Crippen LogP contribution in [0.5, 0.6) is 11.5 Å². The first kappa shape index (κ1) is 16.3. The SMILES string of the molecule is C=C(C)C[C@@H](c1cc(OC)cc(Br)c1O)N1CCNCC1. The van der Waals surface area contributed by atoms with Crippen molar-refractivity contribution in [1.82, 2.24) is 10.2 Å². The number of benzene rings is 1. The molecule has 0 aliphatic carbocycles. The van der Waals surface area contributed by atoms with E-state index in [2.05, 4.69) is 32.7 Å². The van der Waals surface area contributed by atoms with Gasteiger partial charge in [-0.15, -0.1) is 6.58 Å². The van der Waals surface area contributed by atoms with E-state index < -0.39 is 0 Å². The summed E-state index contributed by atoms with van der Waals surface area (Å²) in [5.74, 6) is 1.04. The zero-order valence-corrected chi connectivity index (χ0v) is 14.2. The number of nitrogens with zero attached hydrogens (tertiary/aromatic N) is 1. The van der Waals surface area contributed by atoms with E-state index in [9.17, 15) is 5.11 Å². The van der Waals surface area contributed by atoms with E-state index in [-0.39, 0.29) is 6.04 Å². The molecule has 2 N–H and O–H groups in total. The Bertz CT molecular complexity index is 513. The number of hydrogen-bond acceptors (Lipinski definition) is 4. The summed E-state index contributed by atoms with van der Waals surface area (Å²) in [4.78, 5) is 2.39. The van der Waals surface area contributed by atoms with Gasteiger partial charge in [-0.05, 0) is 41.4 Å². The van der Waals surface area contributed by atoms with Crippen LogP contribution in [0.1, 0.15) is 24.9 Å². The lowest BCUT2D eigenvalue weighted by Gasteiger charge is -2.36. The van der Waals surface area contributed by atoms with Gasteiger partial charge in [0.2, 0.25) is 0 Å². The fourth-order valence-electron chi connectivity index (χ4n) is 2.73. The minimum absolute atomic E-state index is 0.121. The summed E-state index contributed by atoms with van der Waals surface area (Å²) < 4.78 is 6.00. The highest BCUT2D eigenvalue weighted by Crippen LogP contribution is 2.40. The fraction of sp³-hybridized carbons (Fsp3) is 0.500. The summed E-state index contributed by atoms with van der Waals surface area (Å²) in [6.07, 6.45) is 0.827. The molecule has 0 radical (unpaired) electrons. The molecule has 1 saturated heterocycles. The molecule has 0 spiro atoms. The molecule has 5 heteroatoms. The molecule has 1 aromatic carbocycles. The van der Waals surface area contributed by atoms with Crippen molar-refractivity contribution in [3.05, 3.63) is 34.3 Å². The zero-order chi connectivity index (χ0) is 15.4. The summed E-state index contributed by atoms with van der Waals surface area (Å²) in [6, 6.07) is 3.83. The van der Waals surface area contributed by atoms with E-state index in [0.717, 1.165) is 49.5 Å². The molecule has 21 heavy (non-hydrogen) atoms. The summed E-state index contributed by atoms with van der Waals surface area (Å²) in [5.41, 5.74) is 2.00. The van der Waals surface area contributed by atoms with Crippen LogP contribution >= 0.6 is 15.9 Å². The first-order valence-corrected chi connectivity index (χ1v) is 7.97. The van der Waals surface area contributed by atoms with Crippen molar-refractivity contribution in [2.75, 3.05) is 33.3 Å². The van der Waals surface area contributed by atoms with Crippen molar-refractivity contribution >= 4 is 15.9 Å². The second-order valence-electron chi connectivity index (χ2n) is 5.51. The molecule has 1 fully saturated rings. The van der Waals surface area contributed by atoms with Crippen molar-refractivity contribution in [1.29, 1.82) is 0 Å². The van der Waals surface area contributed by atoms with Crippen LogP contribution in [-0.4, -0.2) is 43.3 Å². The van der Waals surface area contributed by atoms with Crippen molar-refractivity contribution in [3.8, 4) is 11.5 Å². The normalized spacial score (nSPS) is 17.5. The average molecular weight is 355 g/mol. The van der Waals surface area contributed by atoms with Crippen molar-refractivity contribution < 1.29 is 9.84 Å². The summed E-state index contributed by atoms with van der Waals surface area (Å²) in [5, 5.41) is 13.8. The fourth-order valence-corrected chi connectivity index (χ4v) is 3.18. The Hall–Kier alpha value is -1.04. The minimum atomic E-state index is 0.121. The van der Waals surface area contributed by atoms with Gasteiger partial charge < -0.3 is 15.2 Å². The lowest BCUT2D eigenvalue weighted by atomic mass is 9.97. The van der Waals surface area contributed by atoms with Gasteiger partial charge in [-0.2, -0.15) is 0 Å². The van der Waals surface area contributed by atoms with Crippen molar-refractivity contribution in [3.63, 3.8) is 0 Å². The molecule has 1 heterocycles. The second-order valence-corrected chi connectivity index (χ2v) is 6.36. The highest BCUT2D eigenvalue weighted by Gasteiger charge is 2.26. The molecular weight excluding hydrogens is 332 g/mol. The number of methoxy groups -OCH3 is 1. The van der Waals surface area contributed by atoms with E-state index >= 15 is 0 Å². The van der Waals surface area contributed by atoms with Gasteiger partial charge in [-0.1, -0.05) is 5.57 Å². The first-order valence-electron chi connectivity index (χ1n) is 7.18. The Labute approximate surface area is 134 Å². The molecule has 1 atom stereocenters. The maximum atomic E-state index is 10.5. The first-order chi connectivity index (χ1) is 10.0. The zero-order valence-electron chi connectivity index (χ0n) is 12.7. The number of piperazine rings is 1. The molecule has 1 aliphatic rings. The van der Waals surface area contributed by atoms with Crippen LogP contribution in [-0.2, 0) is 0 Å². The molecule has 0 unspecified atom stereocenters. The molecule has 1 aromatic rings. The number of rotatable bonds is 5. The third kappa shape index (κ3) is 3.99. The van der Waals surface area contributed by atoms with Gasteiger partial charge in [-0.25, -0.2) is 0 Å². The smallest absolute Gasteiger partial charge is 0.134 e. The molecule has 2 rings (SSSR count). The van der Waals surface area contributed by atoms with Gasteiger partial charge in [0.05, 0.1) is 11.6 Å². The number of nitrogens with one attached hydrogen (secondary N) is 1. The van der Waals surface area contributed by atoms with Crippen LogP contribution in [0.15, 0.2) is 28.8 Å². The highest BCUT2D eigenvalue weighted by molar-refractivity contribution is 9.10. The molecule has 0 amide bonds. The maximum Gasteiger partial charge on any atom is 0.134 e. The van der Waals surface area contributed by atoms with Gasteiger partial charge in [0, 0.05) is 37.8 Å². The summed E-state index contributed by atoms with van der Waals surface area (Å²) in [6.45, 7) is 9.94. The van der Waals surface area contributed by atoms with E-state index in [1.54, 1.807) is 13.2 Å². The molecule has 4 nitrogen and oxygen atoms in total. The van der Waals surface area contributed by atoms with Gasteiger partial charge in [0.1, 0.15) is 11.5 Å². The molecule has 0 saturated carbocycles. The third-order valence-corrected chi connectivity index (χ3v) is 4.40. The number of aromatic hydroxyl groups is 1. The number of halogens is 1. The minimum Gasteiger partial charge on any atom is -0.506 e. The van der Waals surface area contributed by atoms with Crippen molar-refractivity contribution in [2.45, 2.75) is 19.4 Å². The third-order valence-electron chi connectivity index (χ3n) is 3.80. The number of ether oxygens (including phenoxy) is 1. The van der Waals surface area contributed by atoms with Crippen LogP contribution in [0.4, 0.5) is 0 Å². The standard InChI is InChI=1S/C16H23BrN2O2/c1-11(2)8-15(19-6-4-18-5-7-19)13-9-12(21-3)10-14(17)16(13)20/h9-10,15,18,20H,1,4-8H2,2-3H3/t15-/m0/s1. The Morgan fingerprint density at radius 3 is 2.71 bits per heavy atom. The molecular formula is C16H23BrN2O2. The van der Waals surface area contributed by atoms with Gasteiger partial charge in [0.25, 0.3) is 0 Å². The van der Waals surface area contributed by atoms with Crippen molar-refractivity contribution in [2.24, 2.45) is 0 Å². The van der Waals surface area contributed by atoms with E-state index in [4.69, 9.17) is 4.74 Å².